The first-order valence-corrected chi connectivity index (χ1v) is 6.71. The van der Waals surface area contributed by atoms with Crippen molar-refractivity contribution in [1.29, 1.82) is 0 Å². The summed E-state index contributed by atoms with van der Waals surface area (Å²) >= 11 is 11.9. The number of nitrogens with zero attached hydrogens (tertiary/aromatic N) is 1. The highest BCUT2D eigenvalue weighted by Crippen LogP contribution is 2.24. The highest BCUT2D eigenvalue weighted by molar-refractivity contribution is 6.36. The topological polar surface area (TPSA) is 51.2 Å². The number of carbonyl (C=O) groups excluding carboxylic acids is 1. The average Bonchev–Trinajstić information content (AvgIpc) is 2.44. The van der Waals surface area contributed by atoms with Gasteiger partial charge in [-0.25, -0.2) is 4.98 Å². The van der Waals surface area contributed by atoms with Crippen molar-refractivity contribution in [2.75, 3.05) is 11.9 Å². The predicted octanol–water partition coefficient (Wildman–Crippen LogP) is 4.04. The van der Waals surface area contributed by atoms with Crippen molar-refractivity contribution < 1.29 is 9.53 Å². The minimum Gasteiger partial charge on any atom is -0.476 e. The van der Waals surface area contributed by atoms with Crippen molar-refractivity contribution in [3.05, 3.63) is 52.1 Å². The number of hydrogen-bond acceptors (Lipinski definition) is 3. The molecule has 1 heterocycles. The van der Waals surface area contributed by atoms with E-state index in [1.165, 1.54) is 6.07 Å². The SMILES string of the molecule is CCOc1ncccc1NC(=O)c1cc(Cl)ccc1Cl. The first-order valence-electron chi connectivity index (χ1n) is 5.96. The number of hydrogen-bond donors (Lipinski definition) is 1. The van der Waals surface area contributed by atoms with Crippen LogP contribution in [0.3, 0.4) is 0 Å². The van der Waals surface area contributed by atoms with Gasteiger partial charge in [-0.2, -0.15) is 0 Å². The Hall–Kier alpha value is -1.78. The molecule has 104 valence electrons. The average molecular weight is 311 g/mol. The zero-order chi connectivity index (χ0) is 14.5. The van der Waals surface area contributed by atoms with Crippen LogP contribution in [0.2, 0.25) is 10.0 Å². The Kier molecular flexibility index (Phi) is 4.82. The number of nitrogens with one attached hydrogen (secondary N) is 1. The number of amides is 1. The maximum atomic E-state index is 12.2. The summed E-state index contributed by atoms with van der Waals surface area (Å²) in [6.45, 7) is 2.30. The lowest BCUT2D eigenvalue weighted by atomic mass is 10.2. The zero-order valence-corrected chi connectivity index (χ0v) is 12.2. The molecule has 2 aromatic rings. The molecule has 0 fully saturated rings. The molecule has 1 aromatic carbocycles. The first-order chi connectivity index (χ1) is 9.61. The predicted molar refractivity (Wildman–Crippen MR) is 79.8 cm³/mol. The van der Waals surface area contributed by atoms with Crippen molar-refractivity contribution in [2.45, 2.75) is 6.92 Å². The molecule has 1 amide bonds. The highest BCUT2D eigenvalue weighted by atomic mass is 35.5. The van der Waals surface area contributed by atoms with E-state index in [9.17, 15) is 4.79 Å². The number of benzene rings is 1. The Bertz CT molecular complexity index is 632. The molecule has 6 heteroatoms. The molecule has 2 rings (SSSR count). The molecule has 0 unspecified atom stereocenters. The third kappa shape index (κ3) is 3.40. The van der Waals surface area contributed by atoms with E-state index in [0.29, 0.717) is 33.8 Å². The Morgan fingerprint density at radius 1 is 1.35 bits per heavy atom. The fraction of sp³-hybridized carbons (Fsp3) is 0.143. The van der Waals surface area contributed by atoms with E-state index in [2.05, 4.69) is 10.3 Å². The van der Waals surface area contributed by atoms with Crippen LogP contribution in [0.15, 0.2) is 36.5 Å². The lowest BCUT2D eigenvalue weighted by molar-refractivity contribution is 0.102. The molecule has 0 aliphatic heterocycles. The Balaban J connectivity index is 2.26. The largest absolute Gasteiger partial charge is 0.476 e. The summed E-state index contributed by atoms with van der Waals surface area (Å²) in [5.41, 5.74) is 0.779. The number of pyridine rings is 1. The van der Waals surface area contributed by atoms with Crippen LogP contribution in [0.4, 0.5) is 5.69 Å². The second-order valence-corrected chi connectivity index (χ2v) is 4.71. The molecular formula is C14H12Cl2N2O2. The van der Waals surface area contributed by atoms with Gasteiger partial charge in [-0.05, 0) is 37.3 Å². The molecule has 0 spiro atoms. The van der Waals surface area contributed by atoms with E-state index < -0.39 is 0 Å². The van der Waals surface area contributed by atoms with Crippen molar-refractivity contribution in [2.24, 2.45) is 0 Å². The molecule has 0 saturated heterocycles. The zero-order valence-electron chi connectivity index (χ0n) is 10.7. The molecule has 0 radical (unpaired) electrons. The molecule has 1 aromatic heterocycles. The van der Waals surface area contributed by atoms with Gasteiger partial charge in [-0.1, -0.05) is 23.2 Å². The lowest BCUT2D eigenvalue weighted by Crippen LogP contribution is -2.14. The number of anilines is 1. The van der Waals surface area contributed by atoms with Crippen LogP contribution < -0.4 is 10.1 Å². The Morgan fingerprint density at radius 2 is 2.15 bits per heavy atom. The summed E-state index contributed by atoms with van der Waals surface area (Å²) in [5, 5.41) is 3.48. The van der Waals surface area contributed by atoms with Gasteiger partial charge in [0.25, 0.3) is 5.91 Å². The normalized spacial score (nSPS) is 10.2. The summed E-state index contributed by atoms with van der Waals surface area (Å²) in [6.07, 6.45) is 1.59. The van der Waals surface area contributed by atoms with E-state index in [1.54, 1.807) is 30.5 Å². The molecule has 0 bridgehead atoms. The second kappa shape index (κ2) is 6.59. The van der Waals surface area contributed by atoms with Gasteiger partial charge in [0.05, 0.1) is 17.2 Å². The van der Waals surface area contributed by atoms with Crippen LogP contribution in [0, 0.1) is 0 Å². The van der Waals surface area contributed by atoms with E-state index in [1.807, 2.05) is 6.92 Å². The smallest absolute Gasteiger partial charge is 0.257 e. The summed E-state index contributed by atoms with van der Waals surface area (Å²) in [4.78, 5) is 16.3. The molecule has 0 aliphatic rings. The highest BCUT2D eigenvalue weighted by Gasteiger charge is 2.14. The molecule has 20 heavy (non-hydrogen) atoms. The van der Waals surface area contributed by atoms with E-state index >= 15 is 0 Å². The number of aromatic nitrogens is 1. The van der Waals surface area contributed by atoms with Crippen LogP contribution in [0.25, 0.3) is 0 Å². The molecule has 4 nitrogen and oxygen atoms in total. The van der Waals surface area contributed by atoms with Gasteiger partial charge in [0.2, 0.25) is 5.88 Å². The monoisotopic (exact) mass is 310 g/mol. The van der Waals surface area contributed by atoms with E-state index in [4.69, 9.17) is 27.9 Å². The second-order valence-electron chi connectivity index (χ2n) is 3.87. The van der Waals surface area contributed by atoms with E-state index in [-0.39, 0.29) is 5.91 Å². The number of carbonyl (C=O) groups is 1. The van der Waals surface area contributed by atoms with Crippen LogP contribution in [0.1, 0.15) is 17.3 Å². The van der Waals surface area contributed by atoms with Crippen molar-refractivity contribution in [1.82, 2.24) is 4.98 Å². The van der Waals surface area contributed by atoms with Crippen LogP contribution >= 0.6 is 23.2 Å². The van der Waals surface area contributed by atoms with Gasteiger partial charge in [0.15, 0.2) is 0 Å². The van der Waals surface area contributed by atoms with Crippen molar-refractivity contribution in [3.8, 4) is 5.88 Å². The maximum absolute atomic E-state index is 12.2. The Labute approximate surface area is 126 Å². The first kappa shape index (κ1) is 14.6. The minimum absolute atomic E-state index is 0.297. The van der Waals surface area contributed by atoms with Crippen LogP contribution in [-0.4, -0.2) is 17.5 Å². The van der Waals surface area contributed by atoms with Gasteiger partial charge in [0.1, 0.15) is 5.69 Å². The Morgan fingerprint density at radius 3 is 2.90 bits per heavy atom. The van der Waals surface area contributed by atoms with Crippen LogP contribution in [-0.2, 0) is 0 Å². The quantitative estimate of drug-likeness (QED) is 0.927. The van der Waals surface area contributed by atoms with Gasteiger partial charge >= 0.3 is 0 Å². The van der Waals surface area contributed by atoms with Gasteiger partial charge in [0, 0.05) is 11.2 Å². The summed E-state index contributed by atoms with van der Waals surface area (Å²) in [6, 6.07) is 8.11. The molecule has 0 aliphatic carbocycles. The number of ether oxygens (including phenoxy) is 1. The minimum atomic E-state index is -0.369. The summed E-state index contributed by atoms with van der Waals surface area (Å²) in [7, 11) is 0. The third-order valence-corrected chi connectivity index (χ3v) is 3.04. The fourth-order valence-electron chi connectivity index (χ4n) is 1.60. The van der Waals surface area contributed by atoms with Gasteiger partial charge in [-0.15, -0.1) is 0 Å². The van der Waals surface area contributed by atoms with Crippen molar-refractivity contribution in [3.63, 3.8) is 0 Å². The molecule has 0 atom stereocenters. The van der Waals surface area contributed by atoms with Crippen molar-refractivity contribution >= 4 is 34.8 Å². The van der Waals surface area contributed by atoms with Gasteiger partial charge < -0.3 is 10.1 Å². The maximum Gasteiger partial charge on any atom is 0.257 e. The fourth-order valence-corrected chi connectivity index (χ4v) is 1.97. The van der Waals surface area contributed by atoms with Crippen LogP contribution in [0.5, 0.6) is 5.88 Å². The van der Waals surface area contributed by atoms with Gasteiger partial charge in [-0.3, -0.25) is 4.79 Å². The van der Waals surface area contributed by atoms with E-state index in [0.717, 1.165) is 0 Å². The summed E-state index contributed by atoms with van der Waals surface area (Å²) in [5.74, 6) is -0.00652. The lowest BCUT2D eigenvalue weighted by Gasteiger charge is -2.10. The molecule has 1 N–H and O–H groups in total. The number of halogens is 2. The molecule has 0 saturated carbocycles. The summed E-state index contributed by atoms with van der Waals surface area (Å²) < 4.78 is 5.34. The number of rotatable bonds is 4. The third-order valence-electron chi connectivity index (χ3n) is 2.47. The standard InChI is InChI=1S/C14H12Cl2N2O2/c1-2-20-14-12(4-3-7-17-14)18-13(19)10-8-9(15)5-6-11(10)16/h3-8H,2H2,1H3,(H,18,19). The molecular weight excluding hydrogens is 299 g/mol.